The van der Waals surface area contributed by atoms with Gasteiger partial charge in [0.05, 0.1) is 22.3 Å². The fourth-order valence-corrected chi connectivity index (χ4v) is 5.32. The molecule has 6 rings (SSSR count). The Labute approximate surface area is 399 Å². The number of aromatic nitrogens is 4. The summed E-state index contributed by atoms with van der Waals surface area (Å²) in [6.45, 7) is 10.3. The predicted octanol–water partition coefficient (Wildman–Crippen LogP) is 5.24. The highest BCUT2D eigenvalue weighted by Crippen LogP contribution is 2.10. The van der Waals surface area contributed by atoms with Crippen LogP contribution in [-0.4, -0.2) is 76.3 Å². The molecule has 0 aliphatic rings. The van der Waals surface area contributed by atoms with Crippen molar-refractivity contribution in [1.29, 1.82) is 0 Å². The zero-order chi connectivity index (χ0) is 52.0. The quantitative estimate of drug-likeness (QED) is 0.0901. The van der Waals surface area contributed by atoms with Crippen LogP contribution in [0.1, 0.15) is 94.1 Å². The van der Waals surface area contributed by atoms with Crippen LogP contribution in [0.4, 0.5) is 0 Å². The third-order valence-corrected chi connectivity index (χ3v) is 8.37. The highest BCUT2D eigenvalue weighted by molar-refractivity contribution is 5.90. The zero-order valence-corrected chi connectivity index (χ0v) is 39.0. The van der Waals surface area contributed by atoms with Gasteiger partial charge in [0.1, 0.15) is 37.5 Å². The maximum atomic E-state index is 12.1. The summed E-state index contributed by atoms with van der Waals surface area (Å²) >= 11 is 0. The van der Waals surface area contributed by atoms with E-state index in [1.807, 2.05) is 60.7 Å². The average Bonchev–Trinajstić information content (AvgIpc) is 3.29. The summed E-state index contributed by atoms with van der Waals surface area (Å²) in [4.78, 5) is 118. The Bertz CT molecular complexity index is 2980. The molecule has 6 aromatic rings. The number of pyridine rings is 4. The second kappa shape index (κ2) is 26.4. The molecule has 0 saturated heterocycles. The van der Waals surface area contributed by atoms with Gasteiger partial charge in [-0.05, 0) is 76.9 Å². The number of benzene rings is 2. The van der Waals surface area contributed by atoms with Gasteiger partial charge in [0.2, 0.25) is 11.1 Å². The molecule has 0 fully saturated rings. The first-order valence-electron chi connectivity index (χ1n) is 21.0. The van der Waals surface area contributed by atoms with Gasteiger partial charge >= 0.3 is 35.8 Å². The van der Waals surface area contributed by atoms with E-state index in [9.17, 15) is 47.9 Å². The third-order valence-electron chi connectivity index (χ3n) is 8.37. The van der Waals surface area contributed by atoms with Crippen LogP contribution in [-0.2, 0) is 54.8 Å². The van der Waals surface area contributed by atoms with E-state index in [2.05, 4.69) is 9.97 Å². The van der Waals surface area contributed by atoms with E-state index in [4.69, 9.17) is 29.2 Å². The lowest BCUT2D eigenvalue weighted by atomic mass is 10.2. The molecule has 0 amide bonds. The summed E-state index contributed by atoms with van der Waals surface area (Å²) in [6.07, 6.45) is 5.36. The molecule has 0 atom stereocenters. The molecule has 70 heavy (non-hydrogen) atoms. The topological polar surface area (TPSA) is 290 Å². The molecule has 4 N–H and O–H groups in total. The second-order valence-electron chi connectivity index (χ2n) is 16.6. The van der Waals surface area contributed by atoms with Crippen LogP contribution in [0.2, 0.25) is 0 Å². The third kappa shape index (κ3) is 21.1. The van der Waals surface area contributed by atoms with E-state index in [-0.39, 0.29) is 54.1 Å². The van der Waals surface area contributed by atoms with E-state index in [0.717, 1.165) is 33.9 Å². The van der Waals surface area contributed by atoms with E-state index in [1.54, 1.807) is 41.5 Å². The maximum Gasteiger partial charge on any atom is 0.338 e. The number of carboxylic acids is 2. The molecule has 0 spiro atoms. The van der Waals surface area contributed by atoms with Gasteiger partial charge < -0.3 is 48.3 Å². The summed E-state index contributed by atoms with van der Waals surface area (Å²) in [6, 6.07) is 28.5. The molecule has 0 radical (unpaired) electrons. The van der Waals surface area contributed by atoms with E-state index in [1.165, 1.54) is 59.7 Å². The molecular weight excluding hydrogens is 913 g/mol. The van der Waals surface area contributed by atoms with E-state index < -0.39 is 63.7 Å². The smallest absolute Gasteiger partial charge is 0.338 e. The number of esters is 4. The summed E-state index contributed by atoms with van der Waals surface area (Å²) < 4.78 is 22.8. The Morgan fingerprint density at radius 1 is 0.486 bits per heavy atom. The Balaban J connectivity index is 0.000000257. The normalized spacial score (nSPS) is 10.5. The Morgan fingerprint density at radius 2 is 0.829 bits per heavy atom. The fraction of sp³-hybridized carbons (Fsp3) is 0.240. The van der Waals surface area contributed by atoms with Gasteiger partial charge in [0.15, 0.2) is 0 Å². The minimum absolute atomic E-state index is 0.00347. The molecule has 0 saturated carbocycles. The molecule has 4 aromatic heterocycles. The molecule has 0 unspecified atom stereocenters. The van der Waals surface area contributed by atoms with Crippen molar-refractivity contribution >= 4 is 35.8 Å². The van der Waals surface area contributed by atoms with Crippen molar-refractivity contribution < 1.29 is 57.9 Å². The van der Waals surface area contributed by atoms with Crippen LogP contribution < -0.4 is 22.2 Å². The minimum Gasteiger partial charge on any atom is -0.478 e. The number of hydrogen-bond acceptors (Lipinski definition) is 14. The molecule has 0 bridgehead atoms. The molecule has 2 aromatic carbocycles. The van der Waals surface area contributed by atoms with Crippen LogP contribution in [0, 0.1) is 0 Å². The SMILES string of the molecule is CC(C)(C)OC(=O)Cn1ccc(C(=O)O)cc1=O.CC(C)(C)OC(=O)Cn1ccc(C(=O)OCc2ccccc2)cc1=O.O=C(O)c1cc[nH]c(=O)c1.O=C(OCc1ccccc1)c1cc[nH]c(=O)c1. The number of rotatable bonds is 12. The number of nitrogens with zero attached hydrogens (tertiary/aromatic N) is 2. The summed E-state index contributed by atoms with van der Waals surface area (Å²) in [5, 5.41) is 17.1. The van der Waals surface area contributed by atoms with Gasteiger partial charge in [-0.15, -0.1) is 0 Å². The molecule has 20 heteroatoms. The van der Waals surface area contributed by atoms with Gasteiger partial charge in [0.25, 0.3) is 11.1 Å². The van der Waals surface area contributed by atoms with Crippen molar-refractivity contribution in [2.24, 2.45) is 0 Å². The lowest BCUT2D eigenvalue weighted by Gasteiger charge is -2.19. The number of aromatic amines is 2. The number of H-pyrrole nitrogens is 2. The van der Waals surface area contributed by atoms with Crippen LogP contribution in [0.25, 0.3) is 0 Å². The fourth-order valence-electron chi connectivity index (χ4n) is 5.32. The van der Waals surface area contributed by atoms with E-state index >= 15 is 0 Å². The lowest BCUT2D eigenvalue weighted by molar-refractivity contribution is -0.156. The number of aromatic carboxylic acids is 2. The number of nitrogens with one attached hydrogen (secondary N) is 2. The van der Waals surface area contributed by atoms with Crippen LogP contribution in [0.3, 0.4) is 0 Å². The molecule has 0 aliphatic carbocycles. The molecular formula is C50H52N4O16. The average molecular weight is 965 g/mol. The van der Waals surface area contributed by atoms with Crippen molar-refractivity contribution in [1.82, 2.24) is 19.1 Å². The van der Waals surface area contributed by atoms with Crippen molar-refractivity contribution in [2.45, 2.75) is 79.0 Å². The van der Waals surface area contributed by atoms with Gasteiger partial charge in [-0.2, -0.15) is 0 Å². The number of carbonyl (C=O) groups is 6. The highest BCUT2D eigenvalue weighted by atomic mass is 16.6. The van der Waals surface area contributed by atoms with Gasteiger partial charge in [-0.1, -0.05) is 60.7 Å². The maximum absolute atomic E-state index is 12.1. The monoisotopic (exact) mass is 964 g/mol. The molecule has 4 heterocycles. The van der Waals surface area contributed by atoms with Crippen molar-refractivity contribution in [2.75, 3.05) is 0 Å². The van der Waals surface area contributed by atoms with Crippen molar-refractivity contribution in [3.8, 4) is 0 Å². The largest absolute Gasteiger partial charge is 0.478 e. The second-order valence-corrected chi connectivity index (χ2v) is 16.6. The standard InChI is InChI=1S/C19H21NO5.C13H11NO3.C12H15NO5.C6H5NO3/c1-19(2,3)25-17(22)12-20-10-9-15(11-16(20)21)18(23)24-13-14-7-5-4-6-8-14;15-12-8-11(6-7-14-12)13(16)17-9-10-4-2-1-3-5-10;1-12(2,3)18-10(15)7-13-5-4-8(11(16)17)6-9(13)14;8-5-3-4(6(9)10)1-2-7-5/h4-11H,12-13H2,1-3H3;1-8H,9H2,(H,14,15);4-6H,7H2,1-3H3,(H,16,17);1-3H,(H,7,8)(H,9,10). The van der Waals surface area contributed by atoms with Crippen molar-refractivity contribution in [3.05, 3.63) is 209 Å². The minimum atomic E-state index is -1.18. The summed E-state index contributed by atoms with van der Waals surface area (Å²) in [5.41, 5.74) is -0.946. The summed E-state index contributed by atoms with van der Waals surface area (Å²) in [5.74, 6) is -4.44. The van der Waals surface area contributed by atoms with Gasteiger partial charge in [-0.25, -0.2) is 19.2 Å². The Hall–Kier alpha value is -8.94. The van der Waals surface area contributed by atoms with Gasteiger partial charge in [0, 0.05) is 49.1 Å². The van der Waals surface area contributed by atoms with E-state index in [0.29, 0.717) is 0 Å². The van der Waals surface area contributed by atoms with Gasteiger partial charge in [-0.3, -0.25) is 28.8 Å². The first kappa shape index (κ1) is 55.4. The van der Waals surface area contributed by atoms with Crippen LogP contribution in [0.5, 0.6) is 0 Å². The lowest BCUT2D eigenvalue weighted by Crippen LogP contribution is -2.30. The first-order valence-corrected chi connectivity index (χ1v) is 21.0. The van der Waals surface area contributed by atoms with Crippen LogP contribution >= 0.6 is 0 Å². The molecule has 368 valence electrons. The zero-order valence-electron chi connectivity index (χ0n) is 39.0. The molecule has 0 aliphatic heterocycles. The predicted molar refractivity (Wildman–Crippen MR) is 252 cm³/mol. The number of carbonyl (C=O) groups excluding carboxylic acids is 4. The Morgan fingerprint density at radius 3 is 1.19 bits per heavy atom. The summed E-state index contributed by atoms with van der Waals surface area (Å²) in [7, 11) is 0. The Kier molecular flexibility index (Phi) is 20.9. The van der Waals surface area contributed by atoms with Crippen LogP contribution in [0.15, 0.2) is 153 Å². The number of ether oxygens (including phenoxy) is 4. The first-order chi connectivity index (χ1) is 32.9. The highest BCUT2D eigenvalue weighted by Gasteiger charge is 2.19. The molecule has 20 nitrogen and oxygen atoms in total. The number of carboxylic acid groups (broad SMARTS) is 2. The number of hydrogen-bond donors (Lipinski definition) is 4. The van der Waals surface area contributed by atoms with Crippen molar-refractivity contribution in [3.63, 3.8) is 0 Å².